The normalized spacial score (nSPS) is 20.0. The SMILES string of the molecule is Cc1nn(C2CCCCC2)c2sc(C(=O)NC3CCN(C(C)(C)C(=O)O)CC3)cc12. The van der Waals surface area contributed by atoms with Crippen molar-refractivity contribution in [2.45, 2.75) is 83.3 Å². The molecule has 164 valence electrons. The van der Waals surface area contributed by atoms with Crippen LogP contribution in [-0.2, 0) is 4.79 Å². The minimum atomic E-state index is -0.872. The molecule has 1 aliphatic carbocycles. The molecule has 8 heteroatoms. The number of carboxylic acids is 1. The monoisotopic (exact) mass is 432 g/mol. The number of aromatic nitrogens is 2. The predicted octanol–water partition coefficient (Wildman–Crippen LogP) is 3.97. The van der Waals surface area contributed by atoms with Crippen molar-refractivity contribution < 1.29 is 14.7 Å². The molecule has 0 bridgehead atoms. The Morgan fingerprint density at radius 2 is 1.83 bits per heavy atom. The van der Waals surface area contributed by atoms with Gasteiger partial charge in [0.05, 0.1) is 16.6 Å². The minimum Gasteiger partial charge on any atom is -0.480 e. The minimum absolute atomic E-state index is 0.0262. The van der Waals surface area contributed by atoms with Gasteiger partial charge in [-0.1, -0.05) is 19.3 Å². The van der Waals surface area contributed by atoms with Crippen molar-refractivity contribution >= 4 is 33.4 Å². The first-order chi connectivity index (χ1) is 14.3. The average molecular weight is 433 g/mol. The van der Waals surface area contributed by atoms with Gasteiger partial charge in [0.25, 0.3) is 5.91 Å². The number of rotatable bonds is 5. The van der Waals surface area contributed by atoms with E-state index in [1.165, 1.54) is 32.1 Å². The van der Waals surface area contributed by atoms with Crippen molar-refractivity contribution in [1.82, 2.24) is 20.0 Å². The molecule has 0 aromatic carbocycles. The molecule has 2 N–H and O–H groups in total. The molecule has 1 aliphatic heterocycles. The summed E-state index contributed by atoms with van der Waals surface area (Å²) in [7, 11) is 0. The number of nitrogens with one attached hydrogen (secondary N) is 1. The number of hydrogen-bond donors (Lipinski definition) is 2. The van der Waals surface area contributed by atoms with Gasteiger partial charge in [0.2, 0.25) is 0 Å². The molecule has 0 unspecified atom stereocenters. The third-order valence-corrected chi connectivity index (χ3v) is 7.98. The summed E-state index contributed by atoms with van der Waals surface area (Å²) in [5.41, 5.74) is 0.123. The zero-order chi connectivity index (χ0) is 21.5. The standard InChI is InChI=1S/C22H32N4O3S/c1-14-17-13-18(30-20(17)26(24-14)16-7-5-4-6-8-16)19(27)23-15-9-11-25(12-10-15)22(2,3)21(28)29/h13,15-16H,4-12H2,1-3H3,(H,23,27)(H,28,29). The van der Waals surface area contributed by atoms with Crippen LogP contribution in [0, 0.1) is 6.92 Å². The summed E-state index contributed by atoms with van der Waals surface area (Å²) >= 11 is 1.54. The number of carbonyl (C=O) groups is 2. The third-order valence-electron chi connectivity index (χ3n) is 6.86. The van der Waals surface area contributed by atoms with E-state index in [1.54, 1.807) is 25.2 Å². The van der Waals surface area contributed by atoms with Gasteiger partial charge in [0, 0.05) is 24.5 Å². The highest BCUT2D eigenvalue weighted by Gasteiger charge is 2.37. The number of likely N-dealkylation sites (tertiary alicyclic amines) is 1. The number of carboxylic acid groups (broad SMARTS) is 1. The molecule has 2 aliphatic rings. The van der Waals surface area contributed by atoms with Crippen LogP contribution in [0.1, 0.15) is 80.2 Å². The van der Waals surface area contributed by atoms with E-state index in [9.17, 15) is 14.7 Å². The van der Waals surface area contributed by atoms with Crippen molar-refractivity contribution in [1.29, 1.82) is 0 Å². The molecule has 1 amide bonds. The quantitative estimate of drug-likeness (QED) is 0.746. The van der Waals surface area contributed by atoms with E-state index >= 15 is 0 Å². The van der Waals surface area contributed by atoms with E-state index in [0.717, 1.165) is 33.6 Å². The maximum atomic E-state index is 12.9. The molecular weight excluding hydrogens is 400 g/mol. The van der Waals surface area contributed by atoms with Crippen LogP contribution in [-0.4, -0.2) is 56.3 Å². The number of aliphatic carboxylic acids is 1. The van der Waals surface area contributed by atoms with E-state index in [4.69, 9.17) is 5.10 Å². The Kier molecular flexibility index (Phi) is 5.90. The van der Waals surface area contributed by atoms with Crippen LogP contribution >= 0.6 is 11.3 Å². The second-order valence-electron chi connectivity index (χ2n) is 9.25. The van der Waals surface area contributed by atoms with E-state index in [-0.39, 0.29) is 11.9 Å². The van der Waals surface area contributed by atoms with Crippen LogP contribution < -0.4 is 5.32 Å². The second kappa shape index (κ2) is 8.30. The number of hydrogen-bond acceptors (Lipinski definition) is 5. The molecule has 0 spiro atoms. The summed E-state index contributed by atoms with van der Waals surface area (Å²) in [6, 6.07) is 2.52. The van der Waals surface area contributed by atoms with Crippen LogP contribution in [0.3, 0.4) is 0 Å². The first-order valence-electron chi connectivity index (χ1n) is 11.1. The summed E-state index contributed by atoms with van der Waals surface area (Å²) in [5, 5.41) is 18.5. The van der Waals surface area contributed by atoms with Crippen LogP contribution in [0.4, 0.5) is 0 Å². The lowest BCUT2D eigenvalue weighted by Gasteiger charge is -2.40. The Bertz CT molecular complexity index is 934. The van der Waals surface area contributed by atoms with Gasteiger partial charge in [0.1, 0.15) is 10.4 Å². The first kappa shape index (κ1) is 21.3. The molecule has 2 fully saturated rings. The topological polar surface area (TPSA) is 87.5 Å². The highest BCUT2D eigenvalue weighted by atomic mass is 32.1. The fourth-order valence-corrected chi connectivity index (χ4v) is 5.87. The van der Waals surface area contributed by atoms with E-state index in [2.05, 4.69) is 10.00 Å². The van der Waals surface area contributed by atoms with Gasteiger partial charge in [-0.25, -0.2) is 0 Å². The van der Waals surface area contributed by atoms with Crippen molar-refractivity contribution in [2.75, 3.05) is 13.1 Å². The fourth-order valence-electron chi connectivity index (χ4n) is 4.73. The molecule has 0 atom stereocenters. The molecule has 1 saturated heterocycles. The Hall–Kier alpha value is -1.93. The predicted molar refractivity (Wildman–Crippen MR) is 118 cm³/mol. The van der Waals surface area contributed by atoms with Gasteiger partial charge in [-0.3, -0.25) is 19.2 Å². The molecule has 2 aromatic rings. The second-order valence-corrected chi connectivity index (χ2v) is 10.3. The van der Waals surface area contributed by atoms with Crippen LogP contribution in [0.2, 0.25) is 0 Å². The summed E-state index contributed by atoms with van der Waals surface area (Å²) < 4.78 is 2.16. The molecular formula is C22H32N4O3S. The van der Waals surface area contributed by atoms with E-state index in [1.807, 2.05) is 17.9 Å². The molecule has 3 heterocycles. The van der Waals surface area contributed by atoms with Gasteiger partial charge >= 0.3 is 5.97 Å². The first-order valence-corrected chi connectivity index (χ1v) is 11.9. The Labute approximate surface area is 181 Å². The summed E-state index contributed by atoms with van der Waals surface area (Å²) in [4.78, 5) is 28.2. The highest BCUT2D eigenvalue weighted by molar-refractivity contribution is 7.20. The van der Waals surface area contributed by atoms with Crippen LogP contribution in [0.15, 0.2) is 6.07 Å². The van der Waals surface area contributed by atoms with Gasteiger partial charge < -0.3 is 10.4 Å². The Balaban J connectivity index is 1.42. The van der Waals surface area contributed by atoms with E-state index < -0.39 is 11.5 Å². The molecule has 4 rings (SSSR count). The molecule has 0 radical (unpaired) electrons. The third kappa shape index (κ3) is 3.99. The lowest BCUT2D eigenvalue weighted by atomic mass is 9.96. The van der Waals surface area contributed by atoms with Crippen LogP contribution in [0.25, 0.3) is 10.2 Å². The van der Waals surface area contributed by atoms with Gasteiger partial charge in [0.15, 0.2) is 0 Å². The Morgan fingerprint density at radius 3 is 2.47 bits per heavy atom. The van der Waals surface area contributed by atoms with Gasteiger partial charge in [-0.05, 0) is 52.5 Å². The lowest BCUT2D eigenvalue weighted by Crippen LogP contribution is -2.55. The van der Waals surface area contributed by atoms with Gasteiger partial charge in [-0.2, -0.15) is 5.10 Å². The van der Waals surface area contributed by atoms with Crippen molar-refractivity contribution in [3.8, 4) is 0 Å². The highest BCUT2D eigenvalue weighted by Crippen LogP contribution is 2.35. The van der Waals surface area contributed by atoms with E-state index in [0.29, 0.717) is 19.1 Å². The maximum absolute atomic E-state index is 12.9. The number of carbonyl (C=O) groups excluding carboxylic acids is 1. The molecule has 1 saturated carbocycles. The van der Waals surface area contributed by atoms with Gasteiger partial charge in [-0.15, -0.1) is 11.3 Å². The fraction of sp³-hybridized carbons (Fsp3) is 0.682. The lowest BCUT2D eigenvalue weighted by molar-refractivity contribution is -0.150. The Morgan fingerprint density at radius 1 is 1.17 bits per heavy atom. The van der Waals surface area contributed by atoms with Crippen molar-refractivity contribution in [2.24, 2.45) is 0 Å². The largest absolute Gasteiger partial charge is 0.480 e. The van der Waals surface area contributed by atoms with Crippen molar-refractivity contribution in [3.05, 3.63) is 16.6 Å². The van der Waals surface area contributed by atoms with Crippen LogP contribution in [0.5, 0.6) is 0 Å². The number of fused-ring (bicyclic) bond motifs is 1. The zero-order valence-corrected chi connectivity index (χ0v) is 18.9. The molecule has 7 nitrogen and oxygen atoms in total. The smallest absolute Gasteiger partial charge is 0.323 e. The van der Waals surface area contributed by atoms with Crippen molar-refractivity contribution in [3.63, 3.8) is 0 Å². The summed E-state index contributed by atoms with van der Waals surface area (Å²) in [6.45, 7) is 6.85. The number of thiophene rings is 1. The number of amides is 1. The zero-order valence-electron chi connectivity index (χ0n) is 18.1. The number of piperidine rings is 1. The number of nitrogens with zero attached hydrogens (tertiary/aromatic N) is 3. The number of aryl methyl sites for hydroxylation is 1. The molecule has 2 aromatic heterocycles. The summed E-state index contributed by atoms with van der Waals surface area (Å²) in [5.74, 6) is -0.834. The molecule has 30 heavy (non-hydrogen) atoms. The summed E-state index contributed by atoms with van der Waals surface area (Å²) in [6.07, 6.45) is 7.68. The maximum Gasteiger partial charge on any atom is 0.323 e. The average Bonchev–Trinajstić information content (AvgIpc) is 3.30.